The third-order valence-corrected chi connectivity index (χ3v) is 6.95. The molecule has 0 aliphatic carbocycles. The van der Waals surface area contributed by atoms with Gasteiger partial charge in [0.25, 0.3) is 0 Å². The van der Waals surface area contributed by atoms with Crippen LogP contribution in [0.1, 0.15) is 30.4 Å². The van der Waals surface area contributed by atoms with E-state index in [1.165, 1.54) is 0 Å². The van der Waals surface area contributed by atoms with Crippen molar-refractivity contribution < 1.29 is 9.18 Å². The van der Waals surface area contributed by atoms with Crippen LogP contribution in [0.2, 0.25) is 0 Å². The van der Waals surface area contributed by atoms with Crippen LogP contribution in [0.15, 0.2) is 42.7 Å². The number of carbonyl (C=O) groups is 1. The van der Waals surface area contributed by atoms with Gasteiger partial charge in [-0.25, -0.2) is 19.0 Å². The smallest absolute Gasteiger partial charge is 0.225 e. The summed E-state index contributed by atoms with van der Waals surface area (Å²) >= 11 is 0. The number of aryl methyl sites for hydroxylation is 2. The first-order chi connectivity index (χ1) is 17.0. The number of anilines is 2. The lowest BCUT2D eigenvalue weighted by Gasteiger charge is -2.39. The highest BCUT2D eigenvalue weighted by molar-refractivity contribution is 5.78. The number of halogens is 1. The lowest BCUT2D eigenvalue weighted by atomic mass is 10.1. The lowest BCUT2D eigenvalue weighted by Crippen LogP contribution is -2.49. The van der Waals surface area contributed by atoms with Gasteiger partial charge in [-0.05, 0) is 38.8 Å². The van der Waals surface area contributed by atoms with E-state index in [9.17, 15) is 9.18 Å². The third-order valence-electron chi connectivity index (χ3n) is 6.95. The summed E-state index contributed by atoms with van der Waals surface area (Å²) in [5.41, 5.74) is 5.04. The molecular weight excluding hydrogens is 445 g/mol. The first kappa shape index (κ1) is 23.4. The predicted octanol–water partition coefficient (Wildman–Crippen LogP) is 3.41. The predicted molar refractivity (Wildman–Crippen MR) is 134 cm³/mol. The van der Waals surface area contributed by atoms with Crippen molar-refractivity contribution in [2.24, 2.45) is 0 Å². The molecule has 2 aliphatic rings. The molecule has 4 heterocycles. The van der Waals surface area contributed by atoms with E-state index in [1.807, 2.05) is 54.0 Å². The second kappa shape index (κ2) is 10.1. The lowest BCUT2D eigenvalue weighted by molar-refractivity contribution is -0.116. The molecule has 0 amide bonds. The van der Waals surface area contributed by atoms with E-state index < -0.39 is 6.17 Å². The molecule has 1 aromatic carbocycles. The Morgan fingerprint density at radius 3 is 2.43 bits per heavy atom. The molecule has 184 valence electrons. The van der Waals surface area contributed by atoms with Crippen LogP contribution in [0, 0.1) is 13.8 Å². The zero-order valence-electron chi connectivity index (χ0n) is 20.3. The number of piperazine rings is 1. The highest BCUT2D eigenvalue weighted by Gasteiger charge is 2.27. The van der Waals surface area contributed by atoms with Crippen LogP contribution in [0.5, 0.6) is 0 Å². The molecule has 35 heavy (non-hydrogen) atoms. The van der Waals surface area contributed by atoms with Crippen molar-refractivity contribution in [1.82, 2.24) is 24.6 Å². The van der Waals surface area contributed by atoms with Crippen LogP contribution >= 0.6 is 0 Å². The Morgan fingerprint density at radius 1 is 1.03 bits per heavy atom. The molecule has 0 saturated carbocycles. The number of para-hydroxylation sites is 1. The van der Waals surface area contributed by atoms with E-state index in [0.717, 1.165) is 73.6 Å². The summed E-state index contributed by atoms with van der Waals surface area (Å²) in [6, 6.07) is 10.3. The molecule has 9 heteroatoms. The summed E-state index contributed by atoms with van der Waals surface area (Å²) in [5.74, 6) is 0.589. The quantitative estimate of drug-likeness (QED) is 0.504. The Morgan fingerprint density at radius 2 is 1.77 bits per heavy atom. The maximum Gasteiger partial charge on any atom is 0.225 e. The van der Waals surface area contributed by atoms with Gasteiger partial charge in [0, 0.05) is 67.6 Å². The van der Waals surface area contributed by atoms with E-state index in [-0.39, 0.29) is 6.17 Å². The average molecular weight is 478 g/mol. The Labute approximate surface area is 205 Å². The minimum atomic E-state index is -0.813. The fourth-order valence-corrected chi connectivity index (χ4v) is 5.16. The van der Waals surface area contributed by atoms with Crippen LogP contribution in [0.25, 0.3) is 11.1 Å². The highest BCUT2D eigenvalue weighted by Crippen LogP contribution is 2.32. The van der Waals surface area contributed by atoms with Gasteiger partial charge in [-0.2, -0.15) is 5.10 Å². The molecule has 2 unspecified atom stereocenters. The first-order valence-corrected chi connectivity index (χ1v) is 12.3. The normalized spacial score (nSPS) is 20.1. The molecule has 0 N–H and O–H groups in total. The van der Waals surface area contributed by atoms with Gasteiger partial charge in [0.1, 0.15) is 6.17 Å². The summed E-state index contributed by atoms with van der Waals surface area (Å²) in [4.78, 5) is 27.5. The van der Waals surface area contributed by atoms with Crippen LogP contribution < -0.4 is 9.80 Å². The molecular formula is C26H32FN7O. The van der Waals surface area contributed by atoms with Gasteiger partial charge < -0.3 is 9.80 Å². The third kappa shape index (κ3) is 4.91. The van der Waals surface area contributed by atoms with Crippen LogP contribution in [-0.2, 0) is 4.79 Å². The van der Waals surface area contributed by atoms with Crippen LogP contribution in [0.3, 0.4) is 0 Å². The number of carbonyl (C=O) groups excluding carboxylic acids is 1. The second-order valence-electron chi connectivity index (χ2n) is 9.42. The number of aldehydes is 1. The number of nitrogens with zero attached hydrogens (tertiary/aromatic N) is 7. The molecule has 3 aromatic rings. The maximum atomic E-state index is 13.8. The van der Waals surface area contributed by atoms with E-state index >= 15 is 0 Å². The van der Waals surface area contributed by atoms with Gasteiger partial charge in [-0.1, -0.05) is 18.2 Å². The van der Waals surface area contributed by atoms with Crippen molar-refractivity contribution in [3.8, 4) is 11.1 Å². The maximum absolute atomic E-state index is 13.8. The SMILES string of the molecule is Cc1cc(C)n(C(C=O)N2CCN(c3ccccc3-c3cnc(N4CCCC(F)C4)nc3)CC2)n1. The fraction of sp³-hybridized carbons (Fsp3) is 0.462. The zero-order valence-corrected chi connectivity index (χ0v) is 20.3. The van der Waals surface area contributed by atoms with E-state index in [1.54, 1.807) is 0 Å². The summed E-state index contributed by atoms with van der Waals surface area (Å²) in [7, 11) is 0. The number of piperidine rings is 1. The van der Waals surface area contributed by atoms with E-state index in [4.69, 9.17) is 0 Å². The Balaban J connectivity index is 1.30. The average Bonchev–Trinajstić information content (AvgIpc) is 3.22. The fourth-order valence-electron chi connectivity index (χ4n) is 5.16. The van der Waals surface area contributed by atoms with Gasteiger partial charge in [0.05, 0.1) is 12.2 Å². The number of aromatic nitrogens is 4. The molecule has 0 spiro atoms. The Bertz CT molecular complexity index is 1160. The molecule has 2 atom stereocenters. The topological polar surface area (TPSA) is 70.4 Å². The number of hydrogen-bond donors (Lipinski definition) is 0. The molecule has 8 nitrogen and oxygen atoms in total. The Hall–Kier alpha value is -3.33. The monoisotopic (exact) mass is 477 g/mol. The number of benzene rings is 1. The van der Waals surface area contributed by atoms with Crippen molar-refractivity contribution in [3.63, 3.8) is 0 Å². The molecule has 2 aromatic heterocycles. The molecule has 2 aliphatic heterocycles. The van der Waals surface area contributed by atoms with Gasteiger partial charge in [-0.3, -0.25) is 9.69 Å². The summed E-state index contributed by atoms with van der Waals surface area (Å²) < 4.78 is 15.6. The van der Waals surface area contributed by atoms with Gasteiger partial charge in [0.2, 0.25) is 5.95 Å². The van der Waals surface area contributed by atoms with Crippen molar-refractivity contribution in [1.29, 1.82) is 0 Å². The largest absolute Gasteiger partial charge is 0.368 e. The van der Waals surface area contributed by atoms with E-state index in [2.05, 4.69) is 37.0 Å². The second-order valence-corrected chi connectivity index (χ2v) is 9.42. The van der Waals surface area contributed by atoms with Crippen LogP contribution in [0.4, 0.5) is 16.0 Å². The molecule has 2 saturated heterocycles. The number of hydrogen-bond acceptors (Lipinski definition) is 7. The number of rotatable bonds is 6. The first-order valence-electron chi connectivity index (χ1n) is 12.3. The van der Waals surface area contributed by atoms with Crippen molar-refractivity contribution in [2.75, 3.05) is 49.1 Å². The molecule has 0 bridgehead atoms. The minimum absolute atomic E-state index is 0.361. The number of alkyl halides is 1. The highest BCUT2D eigenvalue weighted by atomic mass is 19.1. The molecule has 5 rings (SSSR count). The van der Waals surface area contributed by atoms with Crippen molar-refractivity contribution in [2.45, 2.75) is 39.0 Å². The standard InChI is InChI=1S/C26H32FN7O/c1-19-14-20(2)34(30-19)25(18-35)32-12-10-31(11-13-32)24-8-4-3-7-23(24)21-15-28-26(29-16-21)33-9-5-6-22(27)17-33/h3-4,7-8,14-16,18,22,25H,5-6,9-13,17H2,1-2H3. The van der Waals surface area contributed by atoms with Gasteiger partial charge >= 0.3 is 0 Å². The summed E-state index contributed by atoms with van der Waals surface area (Å²) in [5, 5.41) is 4.52. The van der Waals surface area contributed by atoms with Crippen molar-refractivity contribution in [3.05, 3.63) is 54.1 Å². The van der Waals surface area contributed by atoms with Crippen molar-refractivity contribution >= 4 is 17.9 Å². The van der Waals surface area contributed by atoms with Gasteiger partial charge in [-0.15, -0.1) is 0 Å². The van der Waals surface area contributed by atoms with Crippen LogP contribution in [-0.4, -0.2) is 76.4 Å². The minimum Gasteiger partial charge on any atom is -0.368 e. The van der Waals surface area contributed by atoms with Gasteiger partial charge in [0.15, 0.2) is 12.5 Å². The summed E-state index contributed by atoms with van der Waals surface area (Å²) in [6.45, 7) is 8.18. The molecule has 2 fully saturated rings. The zero-order chi connectivity index (χ0) is 24.4. The Kier molecular flexibility index (Phi) is 6.77. The molecule has 0 radical (unpaired) electrons. The summed E-state index contributed by atoms with van der Waals surface area (Å²) in [6.07, 6.45) is 4.90. The van der Waals surface area contributed by atoms with E-state index in [0.29, 0.717) is 18.9 Å².